The molecule has 4 saturated carbocycles. The Morgan fingerprint density at radius 1 is 1.00 bits per heavy atom. The highest BCUT2D eigenvalue weighted by molar-refractivity contribution is 5.83. The van der Waals surface area contributed by atoms with Gasteiger partial charge in [0.2, 0.25) is 5.91 Å². The highest BCUT2D eigenvalue weighted by Gasteiger charge is 2.63. The number of nitrogens with two attached hydrogens (primary N) is 1. The van der Waals surface area contributed by atoms with Crippen LogP contribution in [0.4, 0.5) is 4.79 Å². The van der Waals surface area contributed by atoms with Gasteiger partial charge in [0, 0.05) is 13.0 Å². The number of amides is 3. The van der Waals surface area contributed by atoms with Crippen molar-refractivity contribution in [2.45, 2.75) is 116 Å². The van der Waals surface area contributed by atoms with Crippen molar-refractivity contribution in [2.24, 2.45) is 52.1 Å². The Balaban J connectivity index is 1.34. The minimum Gasteiger partial charge on any atom is -0.480 e. The topological polar surface area (TPSA) is 162 Å². The van der Waals surface area contributed by atoms with E-state index < -0.39 is 18.0 Å². The van der Waals surface area contributed by atoms with Crippen LogP contribution in [0.1, 0.15) is 97.8 Å². The van der Waals surface area contributed by atoms with Crippen molar-refractivity contribution in [3.63, 3.8) is 0 Å². The second-order valence-electron chi connectivity index (χ2n) is 13.8. The molecule has 4 aliphatic carbocycles. The van der Waals surface area contributed by atoms with Crippen LogP contribution >= 0.6 is 0 Å². The van der Waals surface area contributed by atoms with E-state index in [1.54, 1.807) is 0 Å². The summed E-state index contributed by atoms with van der Waals surface area (Å²) >= 11 is 0. The molecule has 0 bridgehead atoms. The van der Waals surface area contributed by atoms with Gasteiger partial charge in [-0.1, -0.05) is 20.8 Å². The molecule has 222 valence electrons. The Bertz CT molecular complexity index is 915. The lowest BCUT2D eigenvalue weighted by Gasteiger charge is -2.62. The van der Waals surface area contributed by atoms with E-state index in [1.165, 1.54) is 12.8 Å². The van der Waals surface area contributed by atoms with E-state index >= 15 is 0 Å². The molecule has 4 rings (SSSR count). The number of hydrogen-bond donors (Lipinski definition) is 6. The smallest absolute Gasteiger partial charge is 0.326 e. The third-order valence-corrected chi connectivity index (χ3v) is 11.9. The first-order valence-corrected chi connectivity index (χ1v) is 15.3. The van der Waals surface area contributed by atoms with E-state index in [0.717, 1.165) is 38.5 Å². The number of carboxylic acids is 1. The van der Waals surface area contributed by atoms with Crippen molar-refractivity contribution in [1.29, 1.82) is 0 Å². The number of carboxylic acid groups (broad SMARTS) is 1. The van der Waals surface area contributed by atoms with Crippen LogP contribution in [0.5, 0.6) is 0 Å². The fourth-order valence-corrected chi connectivity index (χ4v) is 9.76. The molecule has 4 aliphatic rings. The first-order valence-electron chi connectivity index (χ1n) is 15.3. The molecule has 0 aromatic rings. The van der Waals surface area contributed by atoms with E-state index in [-0.39, 0.29) is 54.2 Å². The van der Waals surface area contributed by atoms with Crippen LogP contribution in [0.2, 0.25) is 0 Å². The quantitative estimate of drug-likeness (QED) is 0.229. The third kappa shape index (κ3) is 5.95. The number of aliphatic hydroxyl groups is 2. The molecule has 0 radical (unpaired) electrons. The van der Waals surface area contributed by atoms with Crippen molar-refractivity contribution in [3.8, 4) is 0 Å². The molecule has 0 aromatic carbocycles. The largest absolute Gasteiger partial charge is 0.480 e. The zero-order valence-electron chi connectivity index (χ0n) is 24.0. The molecule has 7 N–H and O–H groups in total. The number of primary amides is 1. The Labute approximate surface area is 233 Å². The number of nitrogens with one attached hydrogen (secondary N) is 2. The minimum absolute atomic E-state index is 0.161. The lowest BCUT2D eigenvalue weighted by Crippen LogP contribution is -2.58. The first kappa shape index (κ1) is 30.1. The Hall–Kier alpha value is -1.87. The Kier molecular flexibility index (Phi) is 9.21. The van der Waals surface area contributed by atoms with Gasteiger partial charge in [0.25, 0.3) is 0 Å². The molecule has 0 saturated heterocycles. The number of rotatable bonds is 10. The molecule has 4 fully saturated rings. The normalized spacial score (nSPS) is 40.9. The van der Waals surface area contributed by atoms with E-state index in [1.807, 2.05) is 0 Å². The van der Waals surface area contributed by atoms with Crippen LogP contribution < -0.4 is 16.4 Å². The molecular weight excluding hydrogens is 498 g/mol. The maximum Gasteiger partial charge on any atom is 0.326 e. The van der Waals surface area contributed by atoms with Crippen LogP contribution in [0.3, 0.4) is 0 Å². The second-order valence-corrected chi connectivity index (χ2v) is 13.8. The summed E-state index contributed by atoms with van der Waals surface area (Å²) in [6, 6.07) is -1.65. The van der Waals surface area contributed by atoms with Crippen molar-refractivity contribution in [1.82, 2.24) is 10.6 Å². The first-order chi connectivity index (χ1) is 18.4. The average Bonchev–Trinajstić information content (AvgIpc) is 3.24. The number of carbonyl (C=O) groups excluding carboxylic acids is 2. The number of urea groups is 1. The van der Waals surface area contributed by atoms with Crippen molar-refractivity contribution in [3.05, 3.63) is 0 Å². The summed E-state index contributed by atoms with van der Waals surface area (Å²) in [5.74, 6) is 1.41. The van der Waals surface area contributed by atoms with Crippen molar-refractivity contribution >= 4 is 17.9 Å². The number of aliphatic hydroxyl groups excluding tert-OH is 2. The summed E-state index contributed by atoms with van der Waals surface area (Å²) in [6.45, 7) is 7.18. The number of carbonyl (C=O) groups is 3. The summed E-state index contributed by atoms with van der Waals surface area (Å²) in [5.41, 5.74) is 5.09. The number of hydrogen-bond acceptors (Lipinski definition) is 5. The standard InChI is InChI=1S/C30H51N3O6/c1-17(6-11-26(36)33-24(27(37)38)5-4-14-32-28(31)39)21-9-10-22-20-8-7-18-15-19(34)12-13-29(18,2)23(20)16-25(35)30(21,22)3/h17-25,34-35H,4-16H2,1-3H3,(H,33,36)(H,37,38)(H3,31,32,39)/t17-,18-,19-,20+,21-,22+,23+,24+,25+,29+,30-/m1/s1. The Morgan fingerprint density at radius 2 is 1.74 bits per heavy atom. The maximum atomic E-state index is 12.7. The fourth-order valence-electron chi connectivity index (χ4n) is 9.76. The average molecular weight is 550 g/mol. The van der Waals surface area contributed by atoms with Gasteiger partial charge < -0.3 is 31.7 Å². The van der Waals surface area contributed by atoms with Crippen LogP contribution in [0.15, 0.2) is 0 Å². The van der Waals surface area contributed by atoms with Crippen LogP contribution in [0.25, 0.3) is 0 Å². The molecular formula is C30H51N3O6. The number of fused-ring (bicyclic) bond motifs is 5. The highest BCUT2D eigenvalue weighted by Crippen LogP contribution is 2.68. The minimum atomic E-state index is -1.09. The van der Waals surface area contributed by atoms with Gasteiger partial charge in [-0.3, -0.25) is 4.79 Å². The highest BCUT2D eigenvalue weighted by atomic mass is 16.4. The monoisotopic (exact) mass is 549 g/mol. The van der Waals surface area contributed by atoms with Gasteiger partial charge in [0.05, 0.1) is 12.2 Å². The maximum absolute atomic E-state index is 12.7. The molecule has 0 unspecified atom stereocenters. The number of aliphatic carboxylic acids is 1. The molecule has 3 amide bonds. The van der Waals surface area contributed by atoms with Crippen molar-refractivity contribution in [2.75, 3.05) is 6.54 Å². The predicted octanol–water partition coefficient (Wildman–Crippen LogP) is 3.41. The fraction of sp³-hybridized carbons (Fsp3) is 0.900. The summed E-state index contributed by atoms with van der Waals surface area (Å²) in [4.78, 5) is 35.1. The SMILES string of the molecule is C[C@H](CCC(=O)N[C@@H](CCCNC(N)=O)C(=O)O)[C@H]1CC[C@H]2[C@@H]3CC[C@@H]4C[C@H](O)CC[C@]4(C)[C@H]3C[C@H](O)[C@]12C. The Morgan fingerprint density at radius 3 is 2.44 bits per heavy atom. The van der Waals surface area contributed by atoms with Gasteiger partial charge in [0.15, 0.2) is 0 Å². The summed E-state index contributed by atoms with van der Waals surface area (Å²) in [5, 5.41) is 36.6. The summed E-state index contributed by atoms with van der Waals surface area (Å²) in [7, 11) is 0. The zero-order chi connectivity index (χ0) is 28.5. The van der Waals surface area contributed by atoms with Gasteiger partial charge in [-0.15, -0.1) is 0 Å². The summed E-state index contributed by atoms with van der Waals surface area (Å²) < 4.78 is 0. The molecule has 0 aromatic heterocycles. The van der Waals surface area contributed by atoms with Crippen LogP contribution in [0, 0.1) is 46.3 Å². The van der Waals surface area contributed by atoms with Crippen molar-refractivity contribution < 1.29 is 29.7 Å². The van der Waals surface area contributed by atoms with E-state index in [9.17, 15) is 29.7 Å². The summed E-state index contributed by atoms with van der Waals surface area (Å²) in [6.07, 6.45) is 9.25. The lowest BCUT2D eigenvalue weighted by molar-refractivity contribution is -0.175. The van der Waals surface area contributed by atoms with E-state index in [4.69, 9.17) is 5.73 Å². The molecule has 11 atom stereocenters. The van der Waals surface area contributed by atoms with E-state index in [2.05, 4.69) is 31.4 Å². The lowest BCUT2D eigenvalue weighted by atomic mass is 9.43. The van der Waals surface area contributed by atoms with Crippen LogP contribution in [-0.4, -0.2) is 58.0 Å². The third-order valence-electron chi connectivity index (χ3n) is 11.9. The molecule has 0 spiro atoms. The van der Waals surface area contributed by atoms with Crippen LogP contribution in [-0.2, 0) is 9.59 Å². The molecule has 9 heteroatoms. The van der Waals surface area contributed by atoms with Gasteiger partial charge in [-0.05, 0) is 117 Å². The van der Waals surface area contributed by atoms with Gasteiger partial charge in [0.1, 0.15) is 6.04 Å². The molecule has 9 nitrogen and oxygen atoms in total. The molecule has 0 heterocycles. The predicted molar refractivity (Wildman–Crippen MR) is 147 cm³/mol. The van der Waals surface area contributed by atoms with E-state index in [0.29, 0.717) is 42.4 Å². The van der Waals surface area contributed by atoms with Gasteiger partial charge in [-0.2, -0.15) is 0 Å². The second kappa shape index (κ2) is 11.9. The van der Waals surface area contributed by atoms with Gasteiger partial charge >= 0.3 is 12.0 Å². The molecule has 0 aliphatic heterocycles. The molecule has 39 heavy (non-hydrogen) atoms. The zero-order valence-corrected chi connectivity index (χ0v) is 24.0. The van der Waals surface area contributed by atoms with Gasteiger partial charge in [-0.25, -0.2) is 9.59 Å².